The molecule has 4 aliphatic heterocycles. The van der Waals surface area contributed by atoms with Crippen molar-refractivity contribution < 1.29 is 66.1 Å². The van der Waals surface area contributed by atoms with Gasteiger partial charge in [0, 0.05) is 164 Å². The lowest BCUT2D eigenvalue weighted by Gasteiger charge is -2.33. The van der Waals surface area contributed by atoms with Gasteiger partial charge in [-0.25, -0.2) is 38.3 Å². The minimum atomic E-state index is -0.873. The van der Waals surface area contributed by atoms with E-state index in [2.05, 4.69) is 91.6 Å². The molecule has 129 heavy (non-hydrogen) atoms. The van der Waals surface area contributed by atoms with E-state index >= 15 is 8.78 Å². The van der Waals surface area contributed by atoms with Gasteiger partial charge >= 0.3 is 12.2 Å². The van der Waals surface area contributed by atoms with Crippen LogP contribution in [0.2, 0.25) is 0 Å². The van der Waals surface area contributed by atoms with Crippen molar-refractivity contribution in [2.24, 2.45) is 11.8 Å². The number of nitriles is 1. The minimum absolute atomic E-state index is 0.0409. The van der Waals surface area contributed by atoms with E-state index in [-0.39, 0.29) is 70.8 Å². The molecule has 12 heterocycles. The maximum atomic E-state index is 15.1. The summed E-state index contributed by atoms with van der Waals surface area (Å²) in [6.45, 7) is 21.2. The van der Waals surface area contributed by atoms with E-state index in [0.717, 1.165) is 155 Å². The third-order valence-corrected chi connectivity index (χ3v) is 24.3. The number of hydrogen-bond acceptors (Lipinski definition) is 17. The van der Waals surface area contributed by atoms with Crippen LogP contribution in [-0.4, -0.2) is 225 Å². The number of halogens is 2. The number of morpholine rings is 2. The van der Waals surface area contributed by atoms with Crippen LogP contribution in [0.3, 0.4) is 0 Å². The first-order valence-corrected chi connectivity index (χ1v) is 43.5. The van der Waals surface area contributed by atoms with E-state index in [1.54, 1.807) is 65.4 Å². The van der Waals surface area contributed by atoms with Crippen molar-refractivity contribution >= 4 is 70.2 Å². The number of hydrogen-bond donors (Lipinski definition) is 4. The van der Waals surface area contributed by atoms with Crippen molar-refractivity contribution in [3.05, 3.63) is 236 Å². The Balaban J connectivity index is 0.000000147. The van der Waals surface area contributed by atoms with Crippen LogP contribution in [0.15, 0.2) is 140 Å². The molecule has 8 amide bonds. The highest BCUT2D eigenvalue weighted by atomic mass is 19.1. The lowest BCUT2D eigenvalue weighted by Crippen LogP contribution is -2.46. The lowest BCUT2D eigenvalue weighted by atomic mass is 9.91. The average Bonchev–Trinajstić information content (AvgIpc) is 1.71. The zero-order valence-electron chi connectivity index (χ0n) is 75.5. The molecule has 0 spiro atoms. The molecule has 4 atom stereocenters. The van der Waals surface area contributed by atoms with Gasteiger partial charge in [-0.3, -0.25) is 28.8 Å². The number of amides is 8. The first-order valence-electron chi connectivity index (χ1n) is 43.5. The number of aromatic nitrogens is 8. The van der Waals surface area contributed by atoms with Crippen molar-refractivity contribution in [3.8, 4) is 51.1 Å². The number of benzene rings is 4. The number of imidazole rings is 4. The molecular formula is C98H111F2N17O12. The molecule has 2 unspecified atom stereocenters. The normalized spacial score (nSPS) is 16.2. The van der Waals surface area contributed by atoms with Crippen molar-refractivity contribution in [1.82, 2.24) is 78.4 Å². The van der Waals surface area contributed by atoms with Gasteiger partial charge in [0.15, 0.2) is 0 Å². The van der Waals surface area contributed by atoms with E-state index < -0.39 is 17.5 Å². The van der Waals surface area contributed by atoms with Gasteiger partial charge in [-0.1, -0.05) is 25.1 Å². The summed E-state index contributed by atoms with van der Waals surface area (Å²) in [5.74, 6) is -1.75. The smallest absolute Gasteiger partial charge is 0.409 e. The number of pyridine rings is 4. The van der Waals surface area contributed by atoms with E-state index in [1.807, 2.05) is 117 Å². The standard InChI is InChI=1S/C25H30N4O3.C25H30N4O2.C24H26F2N4O3.C24H25N5O4/c1-16-9-11-29-21(14-18-6-5-10-28(15-18)25(31)32-4)23(27-22(29)12-16)20-8-7-19(13-17(20)2)24(30)26-3;1-16-9-11-29-22(14-19-6-5-10-28(15-19)18(3)30)24(27-23(29)12-16)21-8-7-20(13-17(21)2)25(31)26-4;1-4-21(31)29-7-8-33-16(13-29)12-19-23(28-20-9-14(2)5-6-30(19)20)22-17(25)10-15(11-18(22)26)24(32)27-3;1-15-10-17(23(30)26-2)4-5-19(15)22-20(29-7-6-16(13-25)11-21(29)27-22)12-18-14-28(8-9-33-18)24(31)32-3/h7-9,11-13,18H,5-6,10,14-15H2,1-4H3,(H,26,30);7-9,11-13,19H,5-6,10,14-15H2,1-4H3,(H,26,31);5-6,9-11,16H,4,7-8,12-13H2,1-3H3,(H,27,32);4-7,10-11,18H,8-9,12,14H2,1-3H3,(H,26,30)/t;;16-;18-/m..10/s1. The SMILES string of the molecule is CCC(=O)N1CCO[C@H](Cc2c(-c3c(F)cc(C(=O)NC)cc3F)nc3cc(C)ccn23)C1.CNC(=O)c1ccc(-c2nc3cc(C#N)ccn3c2C[C@H]2CN(C(=O)OC)CCO2)c(C)c1.CNC(=O)c1ccc(-c2nc3cc(C)ccn3c2CC2CCCN(C(=O)OC)C2)c(C)c1.CNC(=O)c1ccc(-c2nc3cc(C)ccn3c2CC2CCCN(C(C)=O)C2)c(C)c1. The Morgan fingerprint density at radius 2 is 0.798 bits per heavy atom. The number of likely N-dealkylation sites (tertiary alicyclic amines) is 2. The summed E-state index contributed by atoms with van der Waals surface area (Å²) in [5.41, 5.74) is 20.8. The fourth-order valence-corrected chi connectivity index (χ4v) is 17.6. The van der Waals surface area contributed by atoms with Crippen LogP contribution in [-0.2, 0) is 54.2 Å². The Bertz CT molecular complexity index is 6280. The first-order chi connectivity index (χ1) is 62.0. The summed E-state index contributed by atoms with van der Waals surface area (Å²) in [7, 11) is 9.07. The lowest BCUT2D eigenvalue weighted by molar-refractivity contribution is -0.138. The van der Waals surface area contributed by atoms with Crippen molar-refractivity contribution in [3.63, 3.8) is 0 Å². The van der Waals surface area contributed by atoms with Crippen LogP contribution in [0, 0.1) is 76.3 Å². The molecule has 8 aromatic heterocycles. The number of carbonyl (C=O) groups excluding carboxylic acids is 8. The quantitative estimate of drug-likeness (QED) is 0.0658. The summed E-state index contributed by atoms with van der Waals surface area (Å²) in [6.07, 6.45) is 13.6. The van der Waals surface area contributed by atoms with E-state index in [9.17, 15) is 43.6 Å². The van der Waals surface area contributed by atoms with Crippen LogP contribution < -0.4 is 21.3 Å². The zero-order chi connectivity index (χ0) is 92.2. The van der Waals surface area contributed by atoms with Gasteiger partial charge in [0.05, 0.1) is 109 Å². The molecule has 0 radical (unpaired) electrons. The Labute approximate surface area is 748 Å². The molecule has 12 aromatic rings. The molecule has 0 saturated carbocycles. The molecule has 4 N–H and O–H groups in total. The molecule has 4 saturated heterocycles. The molecular weight excluding hydrogens is 1650 g/mol. The summed E-state index contributed by atoms with van der Waals surface area (Å²) < 4.78 is 60.0. The number of nitrogens with zero attached hydrogens (tertiary/aromatic N) is 13. The maximum Gasteiger partial charge on any atom is 0.409 e. The van der Waals surface area contributed by atoms with Crippen LogP contribution in [0.25, 0.3) is 67.6 Å². The topological polar surface area (TPSA) is 328 Å². The number of methoxy groups -OCH3 is 2. The van der Waals surface area contributed by atoms with Gasteiger partial charge in [0.25, 0.3) is 23.6 Å². The third kappa shape index (κ3) is 21.1. The van der Waals surface area contributed by atoms with Crippen LogP contribution in [0.1, 0.15) is 149 Å². The van der Waals surface area contributed by atoms with Crippen molar-refractivity contribution in [1.29, 1.82) is 5.26 Å². The number of ether oxygens (including phenoxy) is 4. The number of piperidine rings is 2. The van der Waals surface area contributed by atoms with Gasteiger partial charge in [-0.05, 0) is 222 Å². The highest BCUT2D eigenvalue weighted by Gasteiger charge is 2.34. The molecule has 31 heteroatoms. The molecule has 16 rings (SSSR count). The van der Waals surface area contributed by atoms with Gasteiger partial charge < -0.3 is 77.4 Å². The van der Waals surface area contributed by atoms with E-state index in [0.29, 0.717) is 116 Å². The van der Waals surface area contributed by atoms with Gasteiger partial charge in [0.1, 0.15) is 34.2 Å². The Hall–Kier alpha value is -13.7. The summed E-state index contributed by atoms with van der Waals surface area (Å²) in [4.78, 5) is 123. The molecule has 0 aliphatic carbocycles. The Kier molecular flexibility index (Phi) is 29.8. The van der Waals surface area contributed by atoms with E-state index in [4.69, 9.17) is 33.9 Å². The monoisotopic (exact) mass is 1760 g/mol. The Morgan fingerprint density at radius 1 is 0.442 bits per heavy atom. The summed E-state index contributed by atoms with van der Waals surface area (Å²) >= 11 is 0. The largest absolute Gasteiger partial charge is 0.453 e. The molecule has 4 aromatic carbocycles. The molecule has 4 fully saturated rings. The zero-order valence-corrected chi connectivity index (χ0v) is 75.5. The van der Waals surface area contributed by atoms with Gasteiger partial charge in [0.2, 0.25) is 11.8 Å². The predicted molar refractivity (Wildman–Crippen MR) is 486 cm³/mol. The fourth-order valence-electron chi connectivity index (χ4n) is 17.6. The highest BCUT2D eigenvalue weighted by molar-refractivity contribution is 5.97. The molecule has 0 bridgehead atoms. The van der Waals surface area contributed by atoms with Crippen molar-refractivity contribution in [2.45, 2.75) is 125 Å². The fraction of sp³-hybridized carbons (Fsp3) is 0.378. The van der Waals surface area contributed by atoms with Crippen molar-refractivity contribution in [2.75, 3.05) is 108 Å². The minimum Gasteiger partial charge on any atom is -0.453 e. The highest BCUT2D eigenvalue weighted by Crippen LogP contribution is 2.38. The molecule has 4 aliphatic rings. The van der Waals surface area contributed by atoms with Gasteiger partial charge in [-0.2, -0.15) is 5.26 Å². The van der Waals surface area contributed by atoms with Crippen LogP contribution in [0.4, 0.5) is 18.4 Å². The second kappa shape index (κ2) is 41.4. The number of aryl methyl sites for hydroxylation is 6. The average molecular weight is 1760 g/mol. The summed E-state index contributed by atoms with van der Waals surface area (Å²) in [5, 5.41) is 19.7. The van der Waals surface area contributed by atoms with Crippen LogP contribution in [0.5, 0.6) is 0 Å². The maximum absolute atomic E-state index is 15.1. The number of nitrogens with one attached hydrogen (secondary N) is 4. The predicted octanol–water partition coefficient (Wildman–Crippen LogP) is 13.5. The third-order valence-electron chi connectivity index (χ3n) is 24.3. The molecule has 29 nitrogen and oxygen atoms in total. The number of rotatable bonds is 17. The summed E-state index contributed by atoms with van der Waals surface area (Å²) in [6, 6.07) is 36.8. The first kappa shape index (κ1) is 92.9. The number of carbonyl (C=O) groups is 8. The van der Waals surface area contributed by atoms with E-state index in [1.165, 1.54) is 32.5 Å². The second-order valence-corrected chi connectivity index (χ2v) is 33.2. The molecule has 674 valence electrons. The van der Waals surface area contributed by atoms with Crippen LogP contribution >= 0.6 is 0 Å². The van der Waals surface area contributed by atoms with Gasteiger partial charge in [-0.15, -0.1) is 0 Å². The second-order valence-electron chi connectivity index (χ2n) is 33.2. The number of fused-ring (bicyclic) bond motifs is 4. The Morgan fingerprint density at radius 3 is 1.19 bits per heavy atom.